The zero-order valence-electron chi connectivity index (χ0n) is 11.8. The van der Waals surface area contributed by atoms with E-state index in [-0.39, 0.29) is 29.3 Å². The number of carbonyl (C=O) groups is 1. The Morgan fingerprint density at radius 1 is 1.35 bits per heavy atom. The number of hydrogen-bond donors (Lipinski definition) is 0. The Morgan fingerprint density at radius 2 is 2.13 bits per heavy atom. The highest BCUT2D eigenvalue weighted by molar-refractivity contribution is 5.87. The van der Waals surface area contributed by atoms with E-state index < -0.39 is 17.7 Å². The van der Waals surface area contributed by atoms with E-state index >= 15 is 0 Å². The summed E-state index contributed by atoms with van der Waals surface area (Å²) >= 11 is 0. The SMILES string of the molecule is Cn1nccc1C(=O)OCc1nc2cc(C(F)(F)F)ccc2o1. The Hall–Kier alpha value is -2.84. The van der Waals surface area contributed by atoms with Gasteiger partial charge in [-0.2, -0.15) is 18.3 Å². The molecular formula is C14H10F3N3O3. The van der Waals surface area contributed by atoms with Crippen LogP contribution in [0.2, 0.25) is 0 Å². The second-order valence-electron chi connectivity index (χ2n) is 4.70. The number of carbonyl (C=O) groups excluding carboxylic acids is 1. The molecular weight excluding hydrogens is 315 g/mol. The monoisotopic (exact) mass is 325 g/mol. The van der Waals surface area contributed by atoms with Gasteiger partial charge in [-0.05, 0) is 24.3 Å². The normalized spacial score (nSPS) is 11.8. The number of oxazole rings is 1. The van der Waals surface area contributed by atoms with Gasteiger partial charge >= 0.3 is 12.1 Å². The molecule has 1 aromatic carbocycles. The number of aromatic nitrogens is 3. The molecule has 23 heavy (non-hydrogen) atoms. The highest BCUT2D eigenvalue weighted by atomic mass is 19.4. The van der Waals surface area contributed by atoms with E-state index in [1.807, 2.05) is 0 Å². The lowest BCUT2D eigenvalue weighted by atomic mass is 10.2. The maximum absolute atomic E-state index is 12.6. The predicted molar refractivity (Wildman–Crippen MR) is 71.3 cm³/mol. The Bertz CT molecular complexity index is 867. The minimum absolute atomic E-state index is 0.00911. The summed E-state index contributed by atoms with van der Waals surface area (Å²) in [6.45, 7) is -0.292. The van der Waals surface area contributed by atoms with E-state index in [0.29, 0.717) is 0 Å². The standard InChI is InChI=1S/C14H10F3N3O3/c1-20-10(4-5-18-20)13(21)22-7-12-19-9-6-8(14(15,16)17)2-3-11(9)23-12/h2-6H,7H2,1H3. The molecule has 3 rings (SSSR count). The molecule has 0 fully saturated rings. The van der Waals surface area contributed by atoms with Gasteiger partial charge in [0.1, 0.15) is 11.2 Å². The summed E-state index contributed by atoms with van der Waals surface area (Å²) < 4.78 is 49.5. The van der Waals surface area contributed by atoms with Crippen LogP contribution in [0.3, 0.4) is 0 Å². The number of aryl methyl sites for hydroxylation is 1. The van der Waals surface area contributed by atoms with Gasteiger partial charge in [-0.15, -0.1) is 0 Å². The molecule has 0 saturated heterocycles. The van der Waals surface area contributed by atoms with Gasteiger partial charge in [0.15, 0.2) is 12.2 Å². The number of nitrogens with zero attached hydrogens (tertiary/aromatic N) is 3. The van der Waals surface area contributed by atoms with Crippen molar-refractivity contribution in [1.82, 2.24) is 14.8 Å². The van der Waals surface area contributed by atoms with Gasteiger partial charge in [0, 0.05) is 13.2 Å². The van der Waals surface area contributed by atoms with E-state index in [4.69, 9.17) is 9.15 Å². The summed E-state index contributed by atoms with van der Waals surface area (Å²) in [4.78, 5) is 15.7. The van der Waals surface area contributed by atoms with E-state index in [9.17, 15) is 18.0 Å². The molecule has 6 nitrogen and oxygen atoms in total. The average molecular weight is 325 g/mol. The number of esters is 1. The van der Waals surface area contributed by atoms with Crippen molar-refractivity contribution in [2.45, 2.75) is 12.8 Å². The third-order valence-corrected chi connectivity index (χ3v) is 3.12. The summed E-state index contributed by atoms with van der Waals surface area (Å²) in [5.41, 5.74) is -0.354. The van der Waals surface area contributed by atoms with Crippen molar-refractivity contribution < 1.29 is 27.1 Å². The van der Waals surface area contributed by atoms with Crippen molar-refractivity contribution in [2.24, 2.45) is 7.05 Å². The van der Waals surface area contributed by atoms with Crippen LogP contribution in [0.1, 0.15) is 21.9 Å². The molecule has 9 heteroatoms. The first-order valence-electron chi connectivity index (χ1n) is 6.46. The van der Waals surface area contributed by atoms with E-state index in [2.05, 4.69) is 10.1 Å². The van der Waals surface area contributed by atoms with E-state index in [1.165, 1.54) is 23.0 Å². The fourth-order valence-corrected chi connectivity index (χ4v) is 1.99. The fraction of sp³-hybridized carbons (Fsp3) is 0.214. The molecule has 0 spiro atoms. The molecule has 3 aromatic rings. The van der Waals surface area contributed by atoms with Crippen molar-refractivity contribution in [3.05, 3.63) is 47.6 Å². The van der Waals surface area contributed by atoms with Crippen LogP contribution in [0.4, 0.5) is 13.2 Å². The maximum atomic E-state index is 12.6. The number of ether oxygens (including phenoxy) is 1. The van der Waals surface area contributed by atoms with Gasteiger partial charge in [0.25, 0.3) is 0 Å². The number of rotatable bonds is 3. The van der Waals surface area contributed by atoms with Gasteiger partial charge in [-0.1, -0.05) is 0 Å². The second kappa shape index (κ2) is 5.41. The van der Waals surface area contributed by atoms with Crippen LogP contribution in [0.15, 0.2) is 34.9 Å². The molecule has 0 radical (unpaired) electrons. The van der Waals surface area contributed by atoms with Gasteiger partial charge in [0.05, 0.1) is 5.56 Å². The smallest absolute Gasteiger partial charge is 0.416 e. The van der Waals surface area contributed by atoms with Crippen LogP contribution in [0.25, 0.3) is 11.1 Å². The van der Waals surface area contributed by atoms with Gasteiger partial charge in [-0.3, -0.25) is 4.68 Å². The largest absolute Gasteiger partial charge is 0.451 e. The fourth-order valence-electron chi connectivity index (χ4n) is 1.99. The first-order chi connectivity index (χ1) is 10.8. The quantitative estimate of drug-likeness (QED) is 0.693. The van der Waals surface area contributed by atoms with Crippen molar-refractivity contribution in [1.29, 1.82) is 0 Å². The molecule has 0 aliphatic heterocycles. The molecule has 2 heterocycles. The lowest BCUT2D eigenvalue weighted by Gasteiger charge is -2.04. The summed E-state index contributed by atoms with van der Waals surface area (Å²) in [7, 11) is 1.58. The number of benzene rings is 1. The molecule has 120 valence electrons. The summed E-state index contributed by atoms with van der Waals surface area (Å²) in [5.74, 6) is -0.627. The van der Waals surface area contributed by atoms with E-state index in [1.54, 1.807) is 7.05 Å². The maximum Gasteiger partial charge on any atom is 0.416 e. The Morgan fingerprint density at radius 3 is 2.78 bits per heavy atom. The zero-order valence-corrected chi connectivity index (χ0v) is 11.8. The number of alkyl halides is 3. The van der Waals surface area contributed by atoms with Crippen molar-refractivity contribution in [2.75, 3.05) is 0 Å². The minimum Gasteiger partial charge on any atom is -0.451 e. The zero-order chi connectivity index (χ0) is 16.6. The van der Waals surface area contributed by atoms with Crippen LogP contribution >= 0.6 is 0 Å². The number of halogens is 3. The van der Waals surface area contributed by atoms with Crippen LogP contribution in [0, 0.1) is 0 Å². The molecule has 0 saturated carbocycles. The van der Waals surface area contributed by atoms with Crippen LogP contribution < -0.4 is 0 Å². The molecule has 0 atom stereocenters. The van der Waals surface area contributed by atoms with Crippen molar-refractivity contribution in [3.63, 3.8) is 0 Å². The highest BCUT2D eigenvalue weighted by Crippen LogP contribution is 2.31. The number of hydrogen-bond acceptors (Lipinski definition) is 5. The minimum atomic E-state index is -4.46. The Labute approximate surface area is 127 Å². The van der Waals surface area contributed by atoms with Gasteiger partial charge < -0.3 is 9.15 Å². The lowest BCUT2D eigenvalue weighted by molar-refractivity contribution is -0.137. The molecule has 2 aromatic heterocycles. The molecule has 0 amide bonds. The van der Waals surface area contributed by atoms with E-state index in [0.717, 1.165) is 12.1 Å². The molecule has 0 unspecified atom stereocenters. The molecule has 0 aliphatic carbocycles. The third kappa shape index (κ3) is 3.03. The lowest BCUT2D eigenvalue weighted by Crippen LogP contribution is -2.10. The second-order valence-corrected chi connectivity index (χ2v) is 4.70. The van der Waals surface area contributed by atoms with Crippen molar-refractivity contribution in [3.8, 4) is 0 Å². The summed E-state index contributed by atoms with van der Waals surface area (Å²) in [5, 5.41) is 3.83. The molecule has 0 bridgehead atoms. The van der Waals surface area contributed by atoms with Crippen molar-refractivity contribution >= 4 is 17.1 Å². The van der Waals surface area contributed by atoms with Crippen LogP contribution in [-0.2, 0) is 24.6 Å². The van der Waals surface area contributed by atoms with Gasteiger partial charge in [0.2, 0.25) is 5.89 Å². The molecule has 0 aliphatic rings. The topological polar surface area (TPSA) is 70.2 Å². The van der Waals surface area contributed by atoms with Crippen LogP contribution in [0.5, 0.6) is 0 Å². The Kier molecular flexibility index (Phi) is 3.55. The highest BCUT2D eigenvalue weighted by Gasteiger charge is 2.31. The first kappa shape index (κ1) is 15.1. The molecule has 0 N–H and O–H groups in total. The Balaban J connectivity index is 1.76. The predicted octanol–water partition coefficient (Wildman–Crippen LogP) is 2.94. The third-order valence-electron chi connectivity index (χ3n) is 3.12. The van der Waals surface area contributed by atoms with Crippen LogP contribution in [-0.4, -0.2) is 20.7 Å². The number of fused-ring (bicyclic) bond motifs is 1. The summed E-state index contributed by atoms with van der Waals surface area (Å²) in [6, 6.07) is 4.44. The summed E-state index contributed by atoms with van der Waals surface area (Å²) in [6.07, 6.45) is -3.02. The first-order valence-corrected chi connectivity index (χ1v) is 6.46. The van der Waals surface area contributed by atoms with Gasteiger partial charge in [-0.25, -0.2) is 9.78 Å². The average Bonchev–Trinajstić information content (AvgIpc) is 3.08.